The van der Waals surface area contributed by atoms with Crippen LogP contribution in [0.25, 0.3) is 10.9 Å². The molecule has 0 unspecified atom stereocenters. The lowest BCUT2D eigenvalue weighted by atomic mass is 10.1. The van der Waals surface area contributed by atoms with Gasteiger partial charge in [-0.05, 0) is 47.9 Å². The molecule has 0 saturated heterocycles. The number of hydrogen-bond donors (Lipinski definition) is 2. The van der Waals surface area contributed by atoms with Crippen LogP contribution in [0.5, 0.6) is 0 Å². The van der Waals surface area contributed by atoms with Crippen LogP contribution in [0.1, 0.15) is 16.7 Å². The van der Waals surface area contributed by atoms with E-state index in [9.17, 15) is 8.42 Å². The molecule has 0 fully saturated rings. The van der Waals surface area contributed by atoms with Crippen molar-refractivity contribution in [2.45, 2.75) is 24.4 Å². The summed E-state index contributed by atoms with van der Waals surface area (Å²) in [4.78, 5) is 0.144. The number of nitrogens with zero attached hydrogens (tertiary/aromatic N) is 1. The number of rotatable bonds is 8. The van der Waals surface area contributed by atoms with Crippen molar-refractivity contribution in [2.75, 3.05) is 6.54 Å². The molecule has 3 aromatic carbocycles. The topological polar surface area (TPSA) is 77.1 Å². The summed E-state index contributed by atoms with van der Waals surface area (Å²) in [6.07, 6.45) is 3.04. The Morgan fingerprint density at radius 3 is 2.27 bits per heavy atom. The van der Waals surface area contributed by atoms with Gasteiger partial charge >= 0.3 is 0 Å². The van der Waals surface area contributed by atoms with E-state index in [2.05, 4.69) is 64.6 Å². The predicted molar refractivity (Wildman–Crippen MR) is 121 cm³/mol. The van der Waals surface area contributed by atoms with Crippen LogP contribution in [0.4, 0.5) is 0 Å². The molecule has 3 N–H and O–H groups in total. The van der Waals surface area contributed by atoms with Gasteiger partial charge in [0.15, 0.2) is 0 Å². The minimum absolute atomic E-state index is 0.144. The Labute approximate surface area is 177 Å². The van der Waals surface area contributed by atoms with Crippen LogP contribution in [-0.4, -0.2) is 19.5 Å². The number of hydrogen-bond acceptors (Lipinski definition) is 3. The number of nitrogens with one attached hydrogen (secondary N) is 1. The van der Waals surface area contributed by atoms with E-state index >= 15 is 0 Å². The lowest BCUT2D eigenvalue weighted by Gasteiger charge is -2.06. The SMILES string of the molecule is NS(=O)(=O)c1ccc(CCNCc2cn(Cc3ccccc3)c3ccccc23)cc1. The van der Waals surface area contributed by atoms with Crippen molar-refractivity contribution in [3.8, 4) is 0 Å². The number of fused-ring (bicyclic) bond motifs is 1. The van der Waals surface area contributed by atoms with Crippen molar-refractivity contribution in [2.24, 2.45) is 5.14 Å². The standard InChI is InChI=1S/C24H25N3O2S/c25-30(28,29)22-12-10-19(11-13-22)14-15-26-16-21-18-27(17-20-6-2-1-3-7-20)24-9-5-4-8-23(21)24/h1-13,18,26H,14-17H2,(H2,25,28,29). The van der Waals surface area contributed by atoms with Gasteiger partial charge in [0, 0.05) is 30.2 Å². The highest BCUT2D eigenvalue weighted by Gasteiger charge is 2.09. The molecule has 5 nitrogen and oxygen atoms in total. The number of nitrogens with two attached hydrogens (primary N) is 1. The summed E-state index contributed by atoms with van der Waals surface area (Å²) in [5.74, 6) is 0. The van der Waals surface area contributed by atoms with Gasteiger partial charge in [0.2, 0.25) is 10.0 Å². The van der Waals surface area contributed by atoms with Crippen LogP contribution in [0, 0.1) is 0 Å². The van der Waals surface area contributed by atoms with Crippen LogP contribution < -0.4 is 10.5 Å². The Bertz CT molecular complexity index is 1230. The maximum atomic E-state index is 11.3. The second-order valence-corrected chi connectivity index (χ2v) is 8.96. The van der Waals surface area contributed by atoms with Crippen molar-refractivity contribution in [3.63, 3.8) is 0 Å². The van der Waals surface area contributed by atoms with Crippen molar-refractivity contribution >= 4 is 20.9 Å². The van der Waals surface area contributed by atoms with E-state index in [0.717, 1.165) is 31.6 Å². The maximum Gasteiger partial charge on any atom is 0.238 e. The third kappa shape index (κ3) is 4.79. The fourth-order valence-electron chi connectivity index (χ4n) is 3.68. The van der Waals surface area contributed by atoms with Gasteiger partial charge in [-0.1, -0.05) is 60.7 Å². The van der Waals surface area contributed by atoms with Crippen LogP contribution in [0.3, 0.4) is 0 Å². The molecule has 0 saturated carbocycles. The molecule has 4 aromatic rings. The fourth-order valence-corrected chi connectivity index (χ4v) is 4.19. The summed E-state index contributed by atoms with van der Waals surface area (Å²) < 4.78 is 25.0. The fraction of sp³-hybridized carbons (Fsp3) is 0.167. The minimum Gasteiger partial charge on any atom is -0.343 e. The summed E-state index contributed by atoms with van der Waals surface area (Å²) in [7, 11) is -3.64. The third-order valence-corrected chi connectivity index (χ3v) is 6.15. The number of benzene rings is 3. The zero-order valence-corrected chi connectivity index (χ0v) is 17.5. The number of aromatic nitrogens is 1. The molecule has 6 heteroatoms. The van der Waals surface area contributed by atoms with Gasteiger partial charge < -0.3 is 9.88 Å². The average molecular weight is 420 g/mol. The quantitative estimate of drug-likeness (QED) is 0.428. The molecule has 0 spiro atoms. The van der Waals surface area contributed by atoms with Crippen molar-refractivity contribution in [1.29, 1.82) is 0 Å². The van der Waals surface area contributed by atoms with Gasteiger partial charge in [0.1, 0.15) is 0 Å². The molecule has 1 aromatic heterocycles. The molecule has 0 bridgehead atoms. The lowest BCUT2D eigenvalue weighted by molar-refractivity contribution is 0.597. The second-order valence-electron chi connectivity index (χ2n) is 7.40. The van der Waals surface area contributed by atoms with Crippen molar-refractivity contribution in [1.82, 2.24) is 9.88 Å². The van der Waals surface area contributed by atoms with Crippen molar-refractivity contribution < 1.29 is 8.42 Å². The summed E-state index contributed by atoms with van der Waals surface area (Å²) in [6.45, 7) is 2.42. The normalized spacial score (nSPS) is 11.8. The molecule has 0 amide bonds. The first-order valence-corrected chi connectivity index (χ1v) is 11.5. The van der Waals surface area contributed by atoms with E-state index in [-0.39, 0.29) is 4.90 Å². The molecule has 30 heavy (non-hydrogen) atoms. The molecule has 154 valence electrons. The Morgan fingerprint density at radius 1 is 0.833 bits per heavy atom. The third-order valence-electron chi connectivity index (χ3n) is 5.22. The summed E-state index contributed by atoms with van der Waals surface area (Å²) in [5.41, 5.74) is 4.85. The highest BCUT2D eigenvalue weighted by Crippen LogP contribution is 2.22. The van der Waals surface area contributed by atoms with Gasteiger partial charge in [-0.2, -0.15) is 0 Å². The van der Waals surface area contributed by atoms with E-state index in [1.165, 1.54) is 22.0 Å². The van der Waals surface area contributed by atoms with Gasteiger partial charge in [-0.15, -0.1) is 0 Å². The Hall–Kier alpha value is -2.93. The van der Waals surface area contributed by atoms with Gasteiger partial charge in [-0.3, -0.25) is 0 Å². The molecular formula is C24H25N3O2S. The molecule has 0 aliphatic heterocycles. The van der Waals surface area contributed by atoms with Gasteiger partial charge in [-0.25, -0.2) is 13.6 Å². The van der Waals surface area contributed by atoms with Crippen LogP contribution >= 0.6 is 0 Å². The summed E-state index contributed by atoms with van der Waals surface area (Å²) >= 11 is 0. The Balaban J connectivity index is 1.40. The van der Waals surface area contributed by atoms with Crippen LogP contribution in [-0.2, 0) is 29.5 Å². The number of primary sulfonamides is 1. The monoisotopic (exact) mass is 419 g/mol. The highest BCUT2D eigenvalue weighted by molar-refractivity contribution is 7.89. The first kappa shape index (κ1) is 20.3. The molecule has 0 radical (unpaired) electrons. The first-order valence-electron chi connectivity index (χ1n) is 9.94. The minimum atomic E-state index is -3.64. The van der Waals surface area contributed by atoms with E-state index in [1.807, 2.05) is 18.2 Å². The Kier molecular flexibility index (Phi) is 5.99. The molecule has 0 atom stereocenters. The lowest BCUT2D eigenvalue weighted by Crippen LogP contribution is -2.17. The smallest absolute Gasteiger partial charge is 0.238 e. The summed E-state index contributed by atoms with van der Waals surface area (Å²) in [6, 6.07) is 25.7. The van der Waals surface area contributed by atoms with Gasteiger partial charge in [0.25, 0.3) is 0 Å². The first-order chi connectivity index (χ1) is 14.5. The second kappa shape index (κ2) is 8.83. The molecule has 1 heterocycles. The van der Waals surface area contributed by atoms with E-state index in [0.29, 0.717) is 0 Å². The Morgan fingerprint density at radius 2 is 1.53 bits per heavy atom. The van der Waals surface area contributed by atoms with E-state index in [4.69, 9.17) is 5.14 Å². The number of para-hydroxylation sites is 1. The summed E-state index contributed by atoms with van der Waals surface area (Å²) in [5, 5.41) is 9.92. The van der Waals surface area contributed by atoms with Crippen molar-refractivity contribution in [3.05, 3.63) is 102 Å². The number of sulfonamides is 1. The molecular weight excluding hydrogens is 394 g/mol. The maximum absolute atomic E-state index is 11.3. The molecule has 0 aliphatic carbocycles. The molecule has 4 rings (SSSR count). The van der Waals surface area contributed by atoms with Crippen LogP contribution in [0.2, 0.25) is 0 Å². The van der Waals surface area contributed by atoms with Gasteiger partial charge in [0.05, 0.1) is 4.90 Å². The van der Waals surface area contributed by atoms with E-state index < -0.39 is 10.0 Å². The zero-order valence-electron chi connectivity index (χ0n) is 16.7. The largest absolute Gasteiger partial charge is 0.343 e. The zero-order chi connectivity index (χ0) is 21.0. The average Bonchev–Trinajstić information content (AvgIpc) is 3.09. The predicted octanol–water partition coefficient (Wildman–Crippen LogP) is 3.67. The van der Waals surface area contributed by atoms with E-state index in [1.54, 1.807) is 12.1 Å². The molecule has 0 aliphatic rings. The van der Waals surface area contributed by atoms with Crippen LogP contribution in [0.15, 0.2) is 90.0 Å². The highest BCUT2D eigenvalue weighted by atomic mass is 32.2.